The summed E-state index contributed by atoms with van der Waals surface area (Å²) < 4.78 is 28.0. The topological polar surface area (TPSA) is 77.9 Å². The number of rotatable bonds is 5. The minimum absolute atomic E-state index is 0.124. The molecule has 26 heavy (non-hydrogen) atoms. The maximum atomic E-state index is 13.2. The van der Waals surface area contributed by atoms with Crippen LogP contribution in [0.1, 0.15) is 17.2 Å². The molecule has 0 radical (unpaired) electrons. The van der Waals surface area contributed by atoms with Gasteiger partial charge in [-0.2, -0.15) is 4.31 Å². The second-order valence-electron chi connectivity index (χ2n) is 6.52. The molecule has 0 saturated carbocycles. The highest BCUT2D eigenvalue weighted by Crippen LogP contribution is 2.30. The van der Waals surface area contributed by atoms with Crippen LogP contribution in [0.3, 0.4) is 0 Å². The molecule has 3 rings (SSSR count). The molecular formula is C19H22N2O4S. The lowest BCUT2D eigenvalue weighted by atomic mass is 10.1. The lowest BCUT2D eigenvalue weighted by molar-refractivity contribution is -0.136. The molecule has 0 spiro atoms. The molecule has 2 aromatic carbocycles. The molecule has 6 nitrogen and oxygen atoms in total. The highest BCUT2D eigenvalue weighted by atomic mass is 32.2. The Labute approximate surface area is 153 Å². The van der Waals surface area contributed by atoms with Crippen molar-refractivity contribution in [3.8, 4) is 0 Å². The Morgan fingerprint density at radius 1 is 1.08 bits per heavy atom. The van der Waals surface area contributed by atoms with Gasteiger partial charge in [-0.05, 0) is 30.3 Å². The summed E-state index contributed by atoms with van der Waals surface area (Å²) in [6, 6.07) is 15.5. The zero-order valence-electron chi connectivity index (χ0n) is 14.6. The predicted octanol–water partition coefficient (Wildman–Crippen LogP) is 1.99. The highest BCUT2D eigenvalue weighted by Gasteiger charge is 2.36. The molecule has 0 aliphatic carbocycles. The highest BCUT2D eigenvalue weighted by molar-refractivity contribution is 7.89. The fraction of sp³-hybridized carbons (Fsp3) is 0.316. The Balaban J connectivity index is 1.92. The van der Waals surface area contributed by atoms with Crippen LogP contribution < -0.4 is 0 Å². The van der Waals surface area contributed by atoms with Crippen molar-refractivity contribution >= 4 is 16.0 Å². The summed E-state index contributed by atoms with van der Waals surface area (Å²) in [5.41, 5.74) is 1.54. The van der Waals surface area contributed by atoms with Crippen molar-refractivity contribution in [2.45, 2.75) is 17.4 Å². The predicted molar refractivity (Wildman–Crippen MR) is 98.4 cm³/mol. The Hall–Kier alpha value is -2.22. The number of carboxylic acids is 1. The van der Waals surface area contributed by atoms with Crippen LogP contribution in [-0.2, 0) is 21.2 Å². The first kappa shape index (κ1) is 18.6. The first-order chi connectivity index (χ1) is 12.4. The number of piperazine rings is 1. The van der Waals surface area contributed by atoms with E-state index in [-0.39, 0.29) is 17.4 Å². The third-order valence-corrected chi connectivity index (χ3v) is 6.53. The van der Waals surface area contributed by atoms with Crippen molar-refractivity contribution in [1.29, 1.82) is 0 Å². The average Bonchev–Trinajstić information content (AvgIpc) is 2.62. The Morgan fingerprint density at radius 2 is 1.73 bits per heavy atom. The van der Waals surface area contributed by atoms with Gasteiger partial charge in [0.25, 0.3) is 0 Å². The second kappa shape index (κ2) is 7.57. The molecule has 0 amide bonds. The number of aliphatic carboxylic acids is 1. The Kier molecular flexibility index (Phi) is 5.41. The van der Waals surface area contributed by atoms with E-state index in [0.29, 0.717) is 25.2 Å². The van der Waals surface area contributed by atoms with Gasteiger partial charge in [0, 0.05) is 19.6 Å². The van der Waals surface area contributed by atoms with Crippen LogP contribution in [0, 0.1) is 0 Å². The minimum atomic E-state index is -3.67. The van der Waals surface area contributed by atoms with E-state index in [1.54, 1.807) is 16.4 Å². The minimum Gasteiger partial charge on any atom is -0.481 e. The van der Waals surface area contributed by atoms with E-state index in [1.807, 2.05) is 37.4 Å². The van der Waals surface area contributed by atoms with Crippen molar-refractivity contribution < 1.29 is 18.3 Å². The second-order valence-corrected chi connectivity index (χ2v) is 8.41. The quantitative estimate of drug-likeness (QED) is 0.866. The van der Waals surface area contributed by atoms with E-state index in [1.165, 1.54) is 12.1 Å². The number of nitrogens with zero attached hydrogens (tertiary/aromatic N) is 2. The zero-order chi connectivity index (χ0) is 18.7. The summed E-state index contributed by atoms with van der Waals surface area (Å²) in [4.78, 5) is 13.1. The van der Waals surface area contributed by atoms with Gasteiger partial charge < -0.3 is 10.0 Å². The van der Waals surface area contributed by atoms with E-state index in [0.717, 1.165) is 5.56 Å². The van der Waals surface area contributed by atoms with Gasteiger partial charge in [0.1, 0.15) is 0 Å². The fourth-order valence-corrected chi connectivity index (χ4v) is 4.82. The third kappa shape index (κ3) is 3.95. The Bertz CT molecular complexity index is 866. The van der Waals surface area contributed by atoms with Crippen molar-refractivity contribution in [3.63, 3.8) is 0 Å². The molecule has 1 aliphatic rings. The largest absolute Gasteiger partial charge is 0.481 e. The van der Waals surface area contributed by atoms with Gasteiger partial charge in [-0.1, -0.05) is 42.5 Å². The molecule has 2 aromatic rings. The molecule has 7 heteroatoms. The van der Waals surface area contributed by atoms with Crippen LogP contribution >= 0.6 is 0 Å². The molecule has 1 atom stereocenters. The molecule has 138 valence electrons. The molecule has 1 aliphatic heterocycles. The van der Waals surface area contributed by atoms with E-state index < -0.39 is 16.0 Å². The lowest BCUT2D eigenvalue weighted by Crippen LogP contribution is -2.49. The SMILES string of the molecule is CN1CCN(S(=O)(=O)c2ccc(CC(=O)O)cc2)C(c2ccccc2)C1. The van der Waals surface area contributed by atoms with Gasteiger partial charge in [-0.15, -0.1) is 0 Å². The van der Waals surface area contributed by atoms with Crippen LogP contribution in [0.2, 0.25) is 0 Å². The number of hydrogen-bond acceptors (Lipinski definition) is 4. The molecule has 1 heterocycles. The molecule has 1 unspecified atom stereocenters. The first-order valence-corrected chi connectivity index (χ1v) is 9.88. The summed E-state index contributed by atoms with van der Waals surface area (Å²) in [6.45, 7) is 1.70. The van der Waals surface area contributed by atoms with E-state index in [2.05, 4.69) is 4.90 Å². The van der Waals surface area contributed by atoms with Gasteiger partial charge in [0.2, 0.25) is 10.0 Å². The number of carboxylic acid groups (broad SMARTS) is 1. The molecule has 0 bridgehead atoms. The molecular weight excluding hydrogens is 352 g/mol. The van der Waals surface area contributed by atoms with Crippen LogP contribution in [0.25, 0.3) is 0 Å². The summed E-state index contributed by atoms with van der Waals surface area (Å²) >= 11 is 0. The van der Waals surface area contributed by atoms with Gasteiger partial charge >= 0.3 is 5.97 Å². The standard InChI is InChI=1S/C19H22N2O4S/c1-20-11-12-21(18(14-20)16-5-3-2-4-6-16)26(24,25)17-9-7-15(8-10-17)13-19(22)23/h2-10,18H,11-14H2,1H3,(H,22,23). The van der Waals surface area contributed by atoms with Crippen molar-refractivity contribution in [1.82, 2.24) is 9.21 Å². The molecule has 1 fully saturated rings. The van der Waals surface area contributed by atoms with Crippen LogP contribution in [0.15, 0.2) is 59.5 Å². The first-order valence-electron chi connectivity index (χ1n) is 8.44. The lowest BCUT2D eigenvalue weighted by Gasteiger charge is -2.39. The van der Waals surface area contributed by atoms with Gasteiger partial charge in [-0.25, -0.2) is 8.42 Å². The normalized spacial score (nSPS) is 19.3. The summed E-state index contributed by atoms with van der Waals surface area (Å²) in [6.07, 6.45) is -0.124. The fourth-order valence-electron chi connectivity index (χ4n) is 3.23. The number of benzene rings is 2. The van der Waals surface area contributed by atoms with Gasteiger partial charge in [0.05, 0.1) is 17.4 Å². The maximum Gasteiger partial charge on any atom is 0.307 e. The van der Waals surface area contributed by atoms with E-state index in [9.17, 15) is 13.2 Å². The summed E-state index contributed by atoms with van der Waals surface area (Å²) in [5, 5.41) is 8.85. The molecule has 1 saturated heterocycles. The van der Waals surface area contributed by atoms with Gasteiger partial charge in [-0.3, -0.25) is 4.79 Å². The third-order valence-electron chi connectivity index (χ3n) is 4.60. The number of hydrogen-bond donors (Lipinski definition) is 1. The summed E-state index contributed by atoms with van der Waals surface area (Å²) in [5.74, 6) is -0.941. The van der Waals surface area contributed by atoms with E-state index >= 15 is 0 Å². The zero-order valence-corrected chi connectivity index (χ0v) is 15.4. The number of sulfonamides is 1. The number of likely N-dealkylation sites (N-methyl/N-ethyl adjacent to an activating group) is 1. The van der Waals surface area contributed by atoms with Crippen LogP contribution in [0.5, 0.6) is 0 Å². The smallest absolute Gasteiger partial charge is 0.307 e. The van der Waals surface area contributed by atoms with Crippen molar-refractivity contribution in [3.05, 3.63) is 65.7 Å². The van der Waals surface area contributed by atoms with Gasteiger partial charge in [0.15, 0.2) is 0 Å². The van der Waals surface area contributed by atoms with Crippen molar-refractivity contribution in [2.24, 2.45) is 0 Å². The van der Waals surface area contributed by atoms with Crippen LogP contribution in [0.4, 0.5) is 0 Å². The Morgan fingerprint density at radius 3 is 2.35 bits per heavy atom. The average molecular weight is 374 g/mol. The molecule has 1 N–H and O–H groups in total. The number of carbonyl (C=O) groups is 1. The maximum absolute atomic E-state index is 13.2. The monoisotopic (exact) mass is 374 g/mol. The summed E-state index contributed by atoms with van der Waals surface area (Å²) in [7, 11) is -1.68. The van der Waals surface area contributed by atoms with Crippen LogP contribution in [-0.4, -0.2) is 55.4 Å². The molecule has 0 aromatic heterocycles. The van der Waals surface area contributed by atoms with E-state index in [4.69, 9.17) is 5.11 Å². The van der Waals surface area contributed by atoms with Crippen molar-refractivity contribution in [2.75, 3.05) is 26.7 Å².